The Morgan fingerprint density at radius 3 is 2.28 bits per heavy atom. The fourth-order valence-corrected chi connectivity index (χ4v) is 4.10. The number of nitrogens with zero attached hydrogens (tertiary/aromatic N) is 2. The molecule has 0 aliphatic carbocycles. The van der Waals surface area contributed by atoms with Crippen molar-refractivity contribution in [3.8, 4) is 0 Å². The smallest absolute Gasteiger partial charge is 0.335 e. The lowest BCUT2D eigenvalue weighted by Gasteiger charge is -2.19. The van der Waals surface area contributed by atoms with Gasteiger partial charge in [0.2, 0.25) is 25.8 Å². The summed E-state index contributed by atoms with van der Waals surface area (Å²) in [6.07, 6.45) is 0.903. The number of benzene rings is 1. The Kier molecular flexibility index (Phi) is 5.30. The fourth-order valence-electron chi connectivity index (χ4n) is 2.11. The van der Waals surface area contributed by atoms with Gasteiger partial charge in [0.15, 0.2) is 0 Å². The highest BCUT2D eigenvalue weighted by Gasteiger charge is 2.30. The van der Waals surface area contributed by atoms with Gasteiger partial charge >= 0.3 is 5.22 Å². The molecule has 2 aromatic rings. The van der Waals surface area contributed by atoms with E-state index in [1.165, 1.54) is 6.92 Å². The van der Waals surface area contributed by atoms with Crippen molar-refractivity contribution in [3.63, 3.8) is 0 Å². The van der Waals surface area contributed by atoms with E-state index in [0.29, 0.717) is 0 Å². The molecule has 0 amide bonds. The number of aryl methyl sites for hydroxylation is 1. The van der Waals surface area contributed by atoms with Gasteiger partial charge in [-0.25, -0.2) is 21.2 Å². The molecule has 0 unspecified atom stereocenters. The molecule has 11 heteroatoms. The van der Waals surface area contributed by atoms with E-state index < -0.39 is 36.9 Å². The van der Waals surface area contributed by atoms with E-state index in [1.54, 1.807) is 13.8 Å². The summed E-state index contributed by atoms with van der Waals surface area (Å²) >= 11 is 0. The highest BCUT2D eigenvalue weighted by molar-refractivity contribution is 7.90. The summed E-state index contributed by atoms with van der Waals surface area (Å²) in [6.45, 7) is 4.88. The molecule has 0 saturated heterocycles. The zero-order valence-electron chi connectivity index (χ0n) is 14.0. The number of sulfonamides is 1. The Morgan fingerprint density at radius 1 is 1.16 bits per heavy atom. The van der Waals surface area contributed by atoms with Gasteiger partial charge in [0.25, 0.3) is 0 Å². The van der Waals surface area contributed by atoms with Crippen LogP contribution in [0.2, 0.25) is 0 Å². The van der Waals surface area contributed by atoms with E-state index in [0.717, 1.165) is 24.5 Å². The highest BCUT2D eigenvalue weighted by atomic mass is 32.2. The van der Waals surface area contributed by atoms with E-state index in [1.807, 2.05) is 0 Å². The number of hydrogen-bond donors (Lipinski definition) is 1. The molecule has 0 aliphatic rings. The van der Waals surface area contributed by atoms with Crippen molar-refractivity contribution >= 4 is 19.9 Å². The molecule has 25 heavy (non-hydrogen) atoms. The lowest BCUT2D eigenvalue weighted by Crippen LogP contribution is -2.32. The molecule has 2 rings (SSSR count). The number of aromatic nitrogens is 2. The molecule has 1 atom stereocenters. The van der Waals surface area contributed by atoms with Crippen LogP contribution in [0.1, 0.15) is 31.3 Å². The minimum atomic E-state index is -4.02. The van der Waals surface area contributed by atoms with Gasteiger partial charge in [-0.15, -0.1) is 5.10 Å². The zero-order chi connectivity index (χ0) is 19.0. The fraction of sp³-hybridized carbons (Fsp3) is 0.429. The van der Waals surface area contributed by atoms with Crippen LogP contribution in [0.5, 0.6) is 0 Å². The summed E-state index contributed by atoms with van der Waals surface area (Å²) in [6, 6.07) is 2.35. The van der Waals surface area contributed by atoms with Gasteiger partial charge < -0.3 is 4.42 Å². The van der Waals surface area contributed by atoms with Crippen molar-refractivity contribution in [2.45, 2.75) is 36.9 Å². The Hall–Kier alpha value is -1.85. The van der Waals surface area contributed by atoms with Crippen LogP contribution in [0.25, 0.3) is 0 Å². The Morgan fingerprint density at radius 2 is 1.80 bits per heavy atom. The zero-order valence-corrected chi connectivity index (χ0v) is 15.6. The SMILES string of the molecule is Cc1cc(F)ccc1S(=O)(=O)N[C@H](c1nnc(S(C)(=O)=O)o1)C(C)C. The summed E-state index contributed by atoms with van der Waals surface area (Å²) in [5, 5.41) is 6.48. The number of halogens is 1. The summed E-state index contributed by atoms with van der Waals surface area (Å²) in [7, 11) is -7.73. The Labute approximate surface area is 145 Å². The van der Waals surface area contributed by atoms with Crippen LogP contribution < -0.4 is 4.72 Å². The van der Waals surface area contributed by atoms with Crippen LogP contribution in [0.15, 0.2) is 32.7 Å². The van der Waals surface area contributed by atoms with Gasteiger partial charge in [-0.3, -0.25) is 0 Å². The van der Waals surface area contributed by atoms with Crippen LogP contribution in [-0.4, -0.2) is 33.3 Å². The van der Waals surface area contributed by atoms with Crippen LogP contribution in [-0.2, 0) is 19.9 Å². The van der Waals surface area contributed by atoms with Crippen molar-refractivity contribution in [2.75, 3.05) is 6.26 Å². The minimum Gasteiger partial charge on any atom is -0.411 e. The second kappa shape index (κ2) is 6.81. The van der Waals surface area contributed by atoms with Gasteiger partial charge in [0.1, 0.15) is 11.9 Å². The van der Waals surface area contributed by atoms with Gasteiger partial charge in [-0.1, -0.05) is 18.9 Å². The van der Waals surface area contributed by atoms with Crippen LogP contribution in [0.3, 0.4) is 0 Å². The molecule has 8 nitrogen and oxygen atoms in total. The molecule has 1 N–H and O–H groups in total. The van der Waals surface area contributed by atoms with E-state index in [9.17, 15) is 21.2 Å². The van der Waals surface area contributed by atoms with Gasteiger partial charge in [0.05, 0.1) is 4.90 Å². The lowest BCUT2D eigenvalue weighted by molar-refractivity contribution is 0.327. The third-order valence-corrected chi connectivity index (χ3v) is 5.78. The molecule has 0 saturated carbocycles. The first-order chi connectivity index (χ1) is 11.4. The molecule has 0 fully saturated rings. The molecule has 138 valence electrons. The van der Waals surface area contributed by atoms with E-state index in [2.05, 4.69) is 14.9 Å². The largest absolute Gasteiger partial charge is 0.411 e. The normalized spacial score (nSPS) is 14.0. The number of rotatable bonds is 6. The minimum absolute atomic E-state index is 0.0950. The van der Waals surface area contributed by atoms with Crippen molar-refractivity contribution in [1.82, 2.24) is 14.9 Å². The van der Waals surface area contributed by atoms with Crippen molar-refractivity contribution < 1.29 is 25.6 Å². The van der Waals surface area contributed by atoms with Crippen LogP contribution in [0.4, 0.5) is 4.39 Å². The van der Waals surface area contributed by atoms with Crippen molar-refractivity contribution in [1.29, 1.82) is 0 Å². The summed E-state index contributed by atoms with van der Waals surface area (Å²) < 4.78 is 68.8. The molecule has 0 bridgehead atoms. The summed E-state index contributed by atoms with van der Waals surface area (Å²) in [5.74, 6) is -1.03. The molecular weight excluding hydrogens is 373 g/mol. The number of sulfone groups is 1. The van der Waals surface area contributed by atoms with Crippen molar-refractivity contribution in [2.24, 2.45) is 5.92 Å². The average Bonchev–Trinajstić information content (AvgIpc) is 2.93. The van der Waals surface area contributed by atoms with Crippen LogP contribution in [0, 0.1) is 18.7 Å². The topological polar surface area (TPSA) is 119 Å². The van der Waals surface area contributed by atoms with E-state index >= 15 is 0 Å². The van der Waals surface area contributed by atoms with E-state index in [-0.39, 0.29) is 22.3 Å². The maximum atomic E-state index is 13.2. The Bertz CT molecular complexity index is 984. The maximum absolute atomic E-state index is 13.2. The number of nitrogens with one attached hydrogen (secondary N) is 1. The quantitative estimate of drug-likeness (QED) is 0.794. The predicted molar refractivity (Wildman–Crippen MR) is 86.4 cm³/mol. The first-order valence-electron chi connectivity index (χ1n) is 7.24. The molecule has 0 aliphatic heterocycles. The third kappa shape index (κ3) is 4.41. The second-order valence-electron chi connectivity index (χ2n) is 5.93. The second-order valence-corrected chi connectivity index (χ2v) is 9.51. The molecule has 1 aromatic heterocycles. The molecular formula is C14H18FN3O5S2. The molecule has 1 heterocycles. The molecule has 0 radical (unpaired) electrons. The third-order valence-electron chi connectivity index (χ3n) is 3.38. The lowest BCUT2D eigenvalue weighted by atomic mass is 10.1. The standard InChI is InChI=1S/C14H18FN3O5S2/c1-8(2)12(13-16-17-14(23-13)24(4,19)20)18-25(21,22)11-6-5-10(15)7-9(11)3/h5-8,12,18H,1-4H3/t12-/m0/s1. The highest BCUT2D eigenvalue weighted by Crippen LogP contribution is 2.25. The summed E-state index contributed by atoms with van der Waals surface area (Å²) in [4.78, 5) is -0.0950. The van der Waals surface area contributed by atoms with Gasteiger partial charge in [-0.2, -0.15) is 4.72 Å². The van der Waals surface area contributed by atoms with Crippen molar-refractivity contribution in [3.05, 3.63) is 35.5 Å². The monoisotopic (exact) mass is 391 g/mol. The average molecular weight is 391 g/mol. The van der Waals surface area contributed by atoms with Gasteiger partial charge in [0, 0.05) is 6.26 Å². The molecule has 0 spiro atoms. The van der Waals surface area contributed by atoms with Gasteiger partial charge in [-0.05, 0) is 36.6 Å². The predicted octanol–water partition coefficient (Wildman–Crippen LogP) is 1.60. The first kappa shape index (κ1) is 19.5. The Balaban J connectivity index is 2.40. The van der Waals surface area contributed by atoms with Crippen LogP contribution >= 0.6 is 0 Å². The number of hydrogen-bond acceptors (Lipinski definition) is 7. The first-order valence-corrected chi connectivity index (χ1v) is 10.6. The summed E-state index contributed by atoms with van der Waals surface area (Å²) in [5.41, 5.74) is 0.234. The molecule has 1 aromatic carbocycles. The maximum Gasteiger partial charge on any atom is 0.335 e. The van der Waals surface area contributed by atoms with E-state index in [4.69, 9.17) is 4.42 Å².